The molecule has 1 fully saturated rings. The van der Waals surface area contributed by atoms with Gasteiger partial charge in [0.25, 0.3) is 0 Å². The molecule has 1 saturated heterocycles. The smallest absolute Gasteiger partial charge is 0.306 e. The molecular weight excluding hydrogens is 280 g/mol. The highest BCUT2D eigenvalue weighted by atomic mass is 16.4. The predicted octanol–water partition coefficient (Wildman–Crippen LogP) is 2.95. The van der Waals surface area contributed by atoms with Crippen molar-refractivity contribution >= 4 is 5.97 Å². The van der Waals surface area contributed by atoms with Crippen molar-refractivity contribution in [1.82, 2.24) is 9.88 Å². The van der Waals surface area contributed by atoms with Gasteiger partial charge in [-0.25, -0.2) is 4.98 Å². The number of aryl methyl sites for hydroxylation is 1. The van der Waals surface area contributed by atoms with E-state index < -0.39 is 5.97 Å². The monoisotopic (exact) mass is 300 g/mol. The number of nitrogens with zero attached hydrogens (tertiary/aromatic N) is 2. The molecule has 1 aliphatic heterocycles. The van der Waals surface area contributed by atoms with E-state index in [1.54, 1.807) is 0 Å². The molecule has 0 radical (unpaired) electrons. The van der Waals surface area contributed by atoms with Crippen LogP contribution in [-0.4, -0.2) is 34.0 Å². The SMILES string of the molecule is Cc1oc(-c2ccccc2)nc1CN1CCC(C(=O)O)CC1. The summed E-state index contributed by atoms with van der Waals surface area (Å²) >= 11 is 0. The predicted molar refractivity (Wildman–Crippen MR) is 82.3 cm³/mol. The van der Waals surface area contributed by atoms with Gasteiger partial charge in [0.2, 0.25) is 5.89 Å². The van der Waals surface area contributed by atoms with Crippen LogP contribution in [0.3, 0.4) is 0 Å². The van der Waals surface area contributed by atoms with E-state index in [-0.39, 0.29) is 5.92 Å². The number of carbonyl (C=O) groups is 1. The molecule has 1 aromatic heterocycles. The van der Waals surface area contributed by atoms with Crippen LogP contribution in [0.15, 0.2) is 34.7 Å². The van der Waals surface area contributed by atoms with Gasteiger partial charge in [-0.2, -0.15) is 0 Å². The van der Waals surface area contributed by atoms with Crippen molar-refractivity contribution in [1.29, 1.82) is 0 Å². The maximum atomic E-state index is 11.0. The lowest BCUT2D eigenvalue weighted by atomic mass is 9.97. The molecule has 1 aromatic carbocycles. The number of hydrogen-bond donors (Lipinski definition) is 1. The van der Waals surface area contributed by atoms with Gasteiger partial charge < -0.3 is 9.52 Å². The highest BCUT2D eigenvalue weighted by Gasteiger charge is 2.25. The molecule has 0 aliphatic carbocycles. The number of likely N-dealkylation sites (tertiary alicyclic amines) is 1. The van der Waals surface area contributed by atoms with E-state index in [1.807, 2.05) is 37.3 Å². The third-order valence-electron chi connectivity index (χ3n) is 4.22. The van der Waals surface area contributed by atoms with Crippen molar-refractivity contribution in [3.63, 3.8) is 0 Å². The van der Waals surface area contributed by atoms with Crippen LogP contribution in [-0.2, 0) is 11.3 Å². The number of oxazole rings is 1. The number of hydrogen-bond acceptors (Lipinski definition) is 4. The first-order valence-electron chi connectivity index (χ1n) is 7.60. The lowest BCUT2D eigenvalue weighted by Crippen LogP contribution is -2.36. The van der Waals surface area contributed by atoms with Gasteiger partial charge in [-0.05, 0) is 45.0 Å². The Morgan fingerprint density at radius 3 is 2.64 bits per heavy atom. The van der Waals surface area contributed by atoms with Crippen molar-refractivity contribution in [2.75, 3.05) is 13.1 Å². The minimum absolute atomic E-state index is 0.200. The van der Waals surface area contributed by atoms with Crippen molar-refractivity contribution in [2.45, 2.75) is 26.3 Å². The molecule has 2 heterocycles. The van der Waals surface area contributed by atoms with Crippen LogP contribution in [0.25, 0.3) is 11.5 Å². The van der Waals surface area contributed by atoms with E-state index in [1.165, 1.54) is 0 Å². The van der Waals surface area contributed by atoms with Gasteiger partial charge in [0.15, 0.2) is 0 Å². The van der Waals surface area contributed by atoms with Crippen molar-refractivity contribution in [3.05, 3.63) is 41.8 Å². The second kappa shape index (κ2) is 6.32. The fraction of sp³-hybridized carbons (Fsp3) is 0.412. The summed E-state index contributed by atoms with van der Waals surface area (Å²) in [6, 6.07) is 9.85. The number of piperidine rings is 1. The lowest BCUT2D eigenvalue weighted by Gasteiger charge is -2.29. The van der Waals surface area contributed by atoms with Gasteiger partial charge >= 0.3 is 5.97 Å². The molecule has 0 unspecified atom stereocenters. The summed E-state index contributed by atoms with van der Waals surface area (Å²) < 4.78 is 5.77. The second-order valence-electron chi connectivity index (χ2n) is 5.78. The Hall–Kier alpha value is -2.14. The van der Waals surface area contributed by atoms with Gasteiger partial charge in [0, 0.05) is 12.1 Å². The van der Waals surface area contributed by atoms with Crippen LogP contribution < -0.4 is 0 Å². The Morgan fingerprint density at radius 2 is 2.00 bits per heavy atom. The Bertz CT molecular complexity index is 643. The van der Waals surface area contributed by atoms with Crippen LogP contribution in [0.1, 0.15) is 24.3 Å². The number of benzene rings is 1. The maximum absolute atomic E-state index is 11.0. The normalized spacial score (nSPS) is 16.8. The van der Waals surface area contributed by atoms with Crippen molar-refractivity contribution < 1.29 is 14.3 Å². The average molecular weight is 300 g/mol. The molecule has 1 aliphatic rings. The molecule has 0 amide bonds. The number of aromatic nitrogens is 1. The molecule has 2 aromatic rings. The zero-order chi connectivity index (χ0) is 15.5. The van der Waals surface area contributed by atoms with Crippen molar-refractivity contribution in [2.24, 2.45) is 5.92 Å². The van der Waals surface area contributed by atoms with Crippen LogP contribution in [0.5, 0.6) is 0 Å². The van der Waals surface area contributed by atoms with Crippen molar-refractivity contribution in [3.8, 4) is 11.5 Å². The fourth-order valence-electron chi connectivity index (χ4n) is 2.83. The van der Waals surface area contributed by atoms with Crippen LogP contribution in [0, 0.1) is 12.8 Å². The highest BCUT2D eigenvalue weighted by Crippen LogP contribution is 2.24. The third-order valence-corrected chi connectivity index (χ3v) is 4.22. The fourth-order valence-corrected chi connectivity index (χ4v) is 2.83. The van der Waals surface area contributed by atoms with E-state index in [4.69, 9.17) is 9.52 Å². The molecule has 0 saturated carbocycles. The Balaban J connectivity index is 1.67. The zero-order valence-electron chi connectivity index (χ0n) is 12.7. The molecule has 116 valence electrons. The van der Waals surface area contributed by atoms with E-state index in [9.17, 15) is 4.79 Å². The first-order chi connectivity index (χ1) is 10.6. The maximum Gasteiger partial charge on any atom is 0.306 e. The van der Waals surface area contributed by atoms with Gasteiger partial charge in [0.05, 0.1) is 11.6 Å². The summed E-state index contributed by atoms with van der Waals surface area (Å²) in [7, 11) is 0. The molecule has 3 rings (SSSR count). The summed E-state index contributed by atoms with van der Waals surface area (Å²) in [5.74, 6) is 0.603. The summed E-state index contributed by atoms with van der Waals surface area (Å²) in [5.41, 5.74) is 1.91. The zero-order valence-corrected chi connectivity index (χ0v) is 12.7. The van der Waals surface area contributed by atoms with Gasteiger partial charge in [-0.3, -0.25) is 9.69 Å². The molecule has 0 atom stereocenters. The number of carboxylic acid groups (broad SMARTS) is 1. The van der Waals surface area contributed by atoms with Crippen LogP contribution in [0.2, 0.25) is 0 Å². The van der Waals surface area contributed by atoms with Gasteiger partial charge in [0.1, 0.15) is 5.76 Å². The number of aliphatic carboxylic acids is 1. The Labute approximate surface area is 129 Å². The van der Waals surface area contributed by atoms with Gasteiger partial charge in [-0.15, -0.1) is 0 Å². The lowest BCUT2D eigenvalue weighted by molar-refractivity contribution is -0.143. The third kappa shape index (κ3) is 3.20. The summed E-state index contributed by atoms with van der Waals surface area (Å²) in [4.78, 5) is 17.8. The largest absolute Gasteiger partial charge is 0.481 e. The topological polar surface area (TPSA) is 66.6 Å². The summed E-state index contributed by atoms with van der Waals surface area (Å²) in [5, 5.41) is 9.04. The van der Waals surface area contributed by atoms with E-state index in [2.05, 4.69) is 9.88 Å². The number of carboxylic acids is 1. The van der Waals surface area contributed by atoms with E-state index >= 15 is 0 Å². The first-order valence-corrected chi connectivity index (χ1v) is 7.60. The minimum Gasteiger partial charge on any atom is -0.481 e. The Morgan fingerprint density at radius 1 is 1.32 bits per heavy atom. The average Bonchev–Trinajstić information content (AvgIpc) is 2.90. The quantitative estimate of drug-likeness (QED) is 0.940. The standard InChI is InChI=1S/C17H20N2O3/c1-12-15(11-19-9-7-14(8-10-19)17(20)21)18-16(22-12)13-5-3-2-4-6-13/h2-6,14H,7-11H2,1H3,(H,20,21). The molecule has 0 bridgehead atoms. The molecule has 22 heavy (non-hydrogen) atoms. The first kappa shape index (κ1) is 14.8. The van der Waals surface area contributed by atoms with E-state index in [0.717, 1.165) is 30.1 Å². The molecule has 5 nitrogen and oxygen atoms in total. The second-order valence-corrected chi connectivity index (χ2v) is 5.78. The Kier molecular flexibility index (Phi) is 4.24. The van der Waals surface area contributed by atoms with Crippen LogP contribution in [0.4, 0.5) is 0 Å². The van der Waals surface area contributed by atoms with Gasteiger partial charge in [-0.1, -0.05) is 18.2 Å². The van der Waals surface area contributed by atoms with E-state index in [0.29, 0.717) is 25.3 Å². The molecule has 0 spiro atoms. The highest BCUT2D eigenvalue weighted by molar-refractivity contribution is 5.70. The molecular formula is C17H20N2O3. The minimum atomic E-state index is -0.677. The molecule has 5 heteroatoms. The molecule has 1 N–H and O–H groups in total. The summed E-state index contributed by atoms with van der Waals surface area (Å²) in [6.07, 6.45) is 1.41. The van der Waals surface area contributed by atoms with Crippen LogP contribution >= 0.6 is 0 Å². The number of rotatable bonds is 4. The summed E-state index contributed by atoms with van der Waals surface area (Å²) in [6.45, 7) is 4.24.